The number of nitrogens with one attached hydrogen (secondary N) is 1. The minimum Gasteiger partial charge on any atom is -0.489 e. The van der Waals surface area contributed by atoms with E-state index in [0.29, 0.717) is 17.2 Å². The van der Waals surface area contributed by atoms with Crippen molar-refractivity contribution in [2.45, 2.75) is 58.0 Å². The molecule has 1 saturated heterocycles. The Morgan fingerprint density at radius 3 is 2.59 bits per heavy atom. The molecule has 2 atom stereocenters. The van der Waals surface area contributed by atoms with Gasteiger partial charge in [0.25, 0.3) is 0 Å². The van der Waals surface area contributed by atoms with Gasteiger partial charge in [0.15, 0.2) is 0 Å². The first-order valence-electron chi connectivity index (χ1n) is 10.6. The largest absolute Gasteiger partial charge is 0.489 e. The molecule has 6 nitrogen and oxygen atoms in total. The molecule has 2 heterocycles. The first-order chi connectivity index (χ1) is 15.1. The summed E-state index contributed by atoms with van der Waals surface area (Å²) in [5, 5.41) is 2.36. The Labute approximate surface area is 185 Å². The molecule has 9 heteroatoms. The molecule has 1 aliphatic heterocycles. The van der Waals surface area contributed by atoms with E-state index >= 15 is 0 Å². The zero-order chi connectivity index (χ0) is 23.3. The Bertz CT molecular complexity index is 903. The van der Waals surface area contributed by atoms with Crippen molar-refractivity contribution in [3.05, 3.63) is 48.2 Å². The molecule has 1 fully saturated rings. The fraction of sp³-hybridized carbons (Fsp3) is 0.478. The number of ether oxygens (including phenoxy) is 2. The van der Waals surface area contributed by atoms with Crippen LogP contribution in [0, 0.1) is 0 Å². The third-order valence-corrected chi connectivity index (χ3v) is 5.01. The number of pyridine rings is 1. The molecule has 1 aromatic heterocycles. The van der Waals surface area contributed by atoms with Crippen molar-refractivity contribution in [1.82, 2.24) is 10.3 Å². The van der Waals surface area contributed by atoms with Gasteiger partial charge < -0.3 is 19.7 Å². The number of amides is 1. The predicted molar refractivity (Wildman–Crippen MR) is 115 cm³/mol. The fourth-order valence-corrected chi connectivity index (χ4v) is 3.55. The first kappa shape index (κ1) is 23.7. The highest BCUT2D eigenvalue weighted by molar-refractivity contribution is 5.77. The van der Waals surface area contributed by atoms with Gasteiger partial charge in [-0.15, -0.1) is 0 Å². The van der Waals surface area contributed by atoms with Crippen LogP contribution < -0.4 is 19.7 Å². The number of benzene rings is 1. The Hall–Kier alpha value is -2.97. The van der Waals surface area contributed by atoms with Gasteiger partial charge in [-0.05, 0) is 44.5 Å². The summed E-state index contributed by atoms with van der Waals surface area (Å²) in [5.41, 5.74) is 1.73. The number of nitrogens with zero attached hydrogens (tertiary/aromatic N) is 2. The SMILES string of the molecule is CC(C)Oc1cc(N2CCC(Oc3ccc([C@H](C)NC(=O)CC(F)(F)F)cc3)C2)ccn1. The van der Waals surface area contributed by atoms with Gasteiger partial charge in [0, 0.05) is 30.9 Å². The summed E-state index contributed by atoms with van der Waals surface area (Å²) < 4.78 is 48.7. The van der Waals surface area contributed by atoms with E-state index < -0.39 is 24.5 Å². The minimum atomic E-state index is -4.52. The van der Waals surface area contributed by atoms with Gasteiger partial charge >= 0.3 is 6.18 Å². The normalized spacial score (nSPS) is 17.3. The number of carbonyl (C=O) groups is 1. The van der Waals surface area contributed by atoms with Crippen LogP contribution in [0.25, 0.3) is 0 Å². The van der Waals surface area contributed by atoms with E-state index in [9.17, 15) is 18.0 Å². The topological polar surface area (TPSA) is 63.7 Å². The van der Waals surface area contributed by atoms with E-state index in [4.69, 9.17) is 9.47 Å². The summed E-state index contributed by atoms with van der Waals surface area (Å²) in [5.74, 6) is 0.219. The lowest BCUT2D eigenvalue weighted by molar-refractivity contribution is -0.154. The second-order valence-corrected chi connectivity index (χ2v) is 8.14. The molecule has 0 bridgehead atoms. The number of hydrogen-bond acceptors (Lipinski definition) is 5. The third kappa shape index (κ3) is 7.03. The highest BCUT2D eigenvalue weighted by Gasteiger charge is 2.31. The summed E-state index contributed by atoms with van der Waals surface area (Å²) in [6.45, 7) is 7.12. The van der Waals surface area contributed by atoms with Gasteiger partial charge in [-0.2, -0.15) is 13.2 Å². The monoisotopic (exact) mass is 451 g/mol. The maximum Gasteiger partial charge on any atom is 0.397 e. The summed E-state index contributed by atoms with van der Waals surface area (Å²) in [7, 11) is 0. The van der Waals surface area contributed by atoms with E-state index in [1.165, 1.54) is 0 Å². The van der Waals surface area contributed by atoms with Gasteiger partial charge in [0.1, 0.15) is 18.3 Å². The van der Waals surface area contributed by atoms with Crippen LogP contribution in [-0.4, -0.2) is 42.4 Å². The number of anilines is 1. The van der Waals surface area contributed by atoms with Crippen molar-refractivity contribution in [2.75, 3.05) is 18.0 Å². The standard InChI is InChI=1S/C23H28F3N3O3/c1-15(2)31-22-12-18(8-10-27-22)29-11-9-20(14-29)32-19-6-4-17(5-7-19)16(3)28-21(30)13-23(24,25)26/h4-8,10,12,15-16,20H,9,11,13-14H2,1-3H3,(H,28,30)/t16-,20?/m0/s1. The fourth-order valence-electron chi connectivity index (χ4n) is 3.55. The Morgan fingerprint density at radius 1 is 1.22 bits per heavy atom. The second-order valence-electron chi connectivity index (χ2n) is 8.14. The highest BCUT2D eigenvalue weighted by atomic mass is 19.4. The average molecular weight is 451 g/mol. The van der Waals surface area contributed by atoms with Crippen LogP contribution in [0.5, 0.6) is 11.6 Å². The smallest absolute Gasteiger partial charge is 0.397 e. The molecule has 2 aromatic rings. The number of alkyl halides is 3. The molecule has 0 saturated carbocycles. The van der Waals surface area contributed by atoms with Gasteiger partial charge in [0.05, 0.1) is 18.7 Å². The molecule has 1 amide bonds. The number of halogens is 3. The minimum absolute atomic E-state index is 0.00685. The summed E-state index contributed by atoms with van der Waals surface area (Å²) in [6, 6.07) is 10.4. The molecule has 1 N–H and O–H groups in total. The summed E-state index contributed by atoms with van der Waals surface area (Å²) in [4.78, 5) is 17.9. The van der Waals surface area contributed by atoms with E-state index in [1.54, 1.807) is 37.4 Å². The quantitative estimate of drug-likeness (QED) is 0.633. The zero-order valence-electron chi connectivity index (χ0n) is 18.4. The summed E-state index contributed by atoms with van der Waals surface area (Å²) >= 11 is 0. The predicted octanol–water partition coefficient (Wildman–Crippen LogP) is 4.66. The van der Waals surface area contributed by atoms with Gasteiger partial charge in [-0.25, -0.2) is 4.98 Å². The van der Waals surface area contributed by atoms with E-state index in [0.717, 1.165) is 25.2 Å². The molecule has 32 heavy (non-hydrogen) atoms. The third-order valence-electron chi connectivity index (χ3n) is 5.01. The van der Waals surface area contributed by atoms with Crippen LogP contribution >= 0.6 is 0 Å². The van der Waals surface area contributed by atoms with E-state index in [-0.39, 0.29) is 12.2 Å². The molecule has 3 rings (SSSR count). The van der Waals surface area contributed by atoms with Crippen molar-refractivity contribution in [3.8, 4) is 11.6 Å². The van der Waals surface area contributed by atoms with Crippen LogP contribution in [-0.2, 0) is 4.79 Å². The molecule has 0 spiro atoms. The van der Waals surface area contributed by atoms with Gasteiger partial charge in [0.2, 0.25) is 11.8 Å². The maximum atomic E-state index is 12.3. The Morgan fingerprint density at radius 2 is 1.94 bits per heavy atom. The molecule has 1 unspecified atom stereocenters. The molecular formula is C23H28F3N3O3. The zero-order valence-corrected chi connectivity index (χ0v) is 18.4. The molecule has 0 radical (unpaired) electrons. The highest BCUT2D eigenvalue weighted by Crippen LogP contribution is 2.27. The van der Waals surface area contributed by atoms with Crippen molar-refractivity contribution >= 4 is 11.6 Å². The lowest BCUT2D eigenvalue weighted by Gasteiger charge is -2.20. The molecule has 1 aliphatic rings. The Kier molecular flexibility index (Phi) is 7.48. The van der Waals surface area contributed by atoms with Crippen LogP contribution in [0.3, 0.4) is 0 Å². The van der Waals surface area contributed by atoms with Crippen LogP contribution in [0.15, 0.2) is 42.6 Å². The molecule has 0 aliphatic carbocycles. The van der Waals surface area contributed by atoms with Crippen LogP contribution in [0.1, 0.15) is 45.2 Å². The first-order valence-corrected chi connectivity index (χ1v) is 10.6. The van der Waals surface area contributed by atoms with Crippen molar-refractivity contribution < 1.29 is 27.4 Å². The van der Waals surface area contributed by atoms with E-state index in [1.807, 2.05) is 26.0 Å². The van der Waals surface area contributed by atoms with Crippen molar-refractivity contribution in [2.24, 2.45) is 0 Å². The Balaban J connectivity index is 1.52. The number of aromatic nitrogens is 1. The van der Waals surface area contributed by atoms with Crippen LogP contribution in [0.4, 0.5) is 18.9 Å². The van der Waals surface area contributed by atoms with Gasteiger partial charge in [-0.3, -0.25) is 4.79 Å². The lowest BCUT2D eigenvalue weighted by Crippen LogP contribution is -2.30. The van der Waals surface area contributed by atoms with Gasteiger partial charge in [-0.1, -0.05) is 12.1 Å². The number of carbonyl (C=O) groups excluding carboxylic acids is 1. The average Bonchev–Trinajstić information content (AvgIpc) is 3.15. The number of hydrogen-bond donors (Lipinski definition) is 1. The molecular weight excluding hydrogens is 423 g/mol. The van der Waals surface area contributed by atoms with Crippen LogP contribution in [0.2, 0.25) is 0 Å². The summed E-state index contributed by atoms with van der Waals surface area (Å²) in [6.07, 6.45) is -3.36. The second kappa shape index (κ2) is 10.1. The lowest BCUT2D eigenvalue weighted by atomic mass is 10.1. The molecule has 174 valence electrons. The van der Waals surface area contributed by atoms with Crippen molar-refractivity contribution in [1.29, 1.82) is 0 Å². The molecule has 1 aromatic carbocycles. The maximum absolute atomic E-state index is 12.3. The number of rotatable bonds is 8. The van der Waals surface area contributed by atoms with Crippen molar-refractivity contribution in [3.63, 3.8) is 0 Å². The van der Waals surface area contributed by atoms with E-state index in [2.05, 4.69) is 15.2 Å².